The second-order valence-electron chi connectivity index (χ2n) is 3.34. The van der Waals surface area contributed by atoms with Crippen molar-refractivity contribution in [1.82, 2.24) is 4.98 Å². The Kier molecular flexibility index (Phi) is 3.81. The Labute approximate surface area is 112 Å². The summed E-state index contributed by atoms with van der Waals surface area (Å²) in [6.45, 7) is 0. The van der Waals surface area contributed by atoms with Crippen molar-refractivity contribution in [3.63, 3.8) is 0 Å². The van der Waals surface area contributed by atoms with E-state index < -0.39 is 0 Å². The number of halogens is 1. The molecule has 0 spiro atoms. The average molecular weight is 311 g/mol. The van der Waals surface area contributed by atoms with Crippen LogP contribution in [0.25, 0.3) is 12.2 Å². The Morgan fingerprint density at radius 2 is 2.24 bits per heavy atom. The highest BCUT2D eigenvalue weighted by Gasteiger charge is 1.99. The van der Waals surface area contributed by atoms with Crippen molar-refractivity contribution < 1.29 is 4.74 Å². The second-order valence-corrected chi connectivity index (χ2v) is 5.08. The number of benzene rings is 1. The van der Waals surface area contributed by atoms with Gasteiger partial charge in [-0.1, -0.05) is 12.1 Å². The number of methoxy groups -OCH3 is 1. The van der Waals surface area contributed by atoms with E-state index in [0.29, 0.717) is 5.13 Å². The van der Waals surface area contributed by atoms with Crippen LogP contribution in [0.4, 0.5) is 5.13 Å². The van der Waals surface area contributed by atoms with Gasteiger partial charge in [0.15, 0.2) is 5.13 Å². The summed E-state index contributed by atoms with van der Waals surface area (Å²) in [6.07, 6.45) is 3.92. The minimum atomic E-state index is 0.584. The Morgan fingerprint density at radius 3 is 2.82 bits per heavy atom. The molecule has 1 aromatic carbocycles. The second kappa shape index (κ2) is 5.33. The normalized spacial score (nSPS) is 10.9. The zero-order valence-electron chi connectivity index (χ0n) is 9.18. The van der Waals surface area contributed by atoms with E-state index in [1.165, 1.54) is 11.3 Å². The third-order valence-electron chi connectivity index (χ3n) is 2.16. The van der Waals surface area contributed by atoms with Crippen LogP contribution in [0.15, 0.2) is 28.1 Å². The van der Waals surface area contributed by atoms with Gasteiger partial charge in [0.05, 0.1) is 17.3 Å². The molecule has 3 nitrogen and oxygen atoms in total. The van der Waals surface area contributed by atoms with Gasteiger partial charge in [-0.25, -0.2) is 4.98 Å². The van der Waals surface area contributed by atoms with Gasteiger partial charge in [-0.2, -0.15) is 0 Å². The summed E-state index contributed by atoms with van der Waals surface area (Å²) in [5.41, 5.74) is 7.51. The van der Waals surface area contributed by atoms with Crippen molar-refractivity contribution in [2.75, 3.05) is 12.8 Å². The van der Waals surface area contributed by atoms with Crippen LogP contribution in [0.2, 0.25) is 0 Å². The zero-order valence-corrected chi connectivity index (χ0v) is 11.6. The van der Waals surface area contributed by atoms with Gasteiger partial charge in [-0.05, 0) is 39.7 Å². The maximum Gasteiger partial charge on any atom is 0.180 e. The lowest BCUT2D eigenvalue weighted by atomic mass is 10.2. The summed E-state index contributed by atoms with van der Waals surface area (Å²) in [7, 11) is 1.65. The quantitative estimate of drug-likeness (QED) is 0.941. The molecule has 2 aromatic rings. The number of ether oxygens (including phenoxy) is 1. The molecular weight excluding hydrogens is 300 g/mol. The lowest BCUT2D eigenvalue weighted by Gasteiger charge is -2.03. The molecule has 0 aliphatic rings. The Balaban J connectivity index is 2.19. The van der Waals surface area contributed by atoms with Crippen LogP contribution < -0.4 is 10.5 Å². The van der Waals surface area contributed by atoms with Gasteiger partial charge in [-0.3, -0.25) is 0 Å². The maximum atomic E-state index is 5.56. The molecule has 17 heavy (non-hydrogen) atoms. The molecule has 2 rings (SSSR count). The molecule has 0 saturated carbocycles. The largest absolute Gasteiger partial charge is 0.496 e. The van der Waals surface area contributed by atoms with Gasteiger partial charge < -0.3 is 10.5 Å². The highest BCUT2D eigenvalue weighted by Crippen LogP contribution is 2.26. The van der Waals surface area contributed by atoms with E-state index in [2.05, 4.69) is 20.9 Å². The SMILES string of the molecule is COc1ccc(C=Cc2csc(N)n2)cc1Br. The number of aromatic nitrogens is 1. The molecule has 0 aliphatic carbocycles. The number of nitrogens with zero attached hydrogens (tertiary/aromatic N) is 1. The van der Waals surface area contributed by atoms with Crippen LogP contribution in [0.1, 0.15) is 11.3 Å². The maximum absolute atomic E-state index is 5.56. The third kappa shape index (κ3) is 3.08. The van der Waals surface area contributed by atoms with Crippen molar-refractivity contribution in [3.05, 3.63) is 39.3 Å². The number of anilines is 1. The van der Waals surface area contributed by atoms with Crippen molar-refractivity contribution in [1.29, 1.82) is 0 Å². The lowest BCUT2D eigenvalue weighted by molar-refractivity contribution is 0.412. The molecule has 0 bridgehead atoms. The van der Waals surface area contributed by atoms with E-state index in [4.69, 9.17) is 10.5 Å². The zero-order chi connectivity index (χ0) is 12.3. The molecule has 0 radical (unpaired) electrons. The molecule has 88 valence electrons. The van der Waals surface area contributed by atoms with Crippen LogP contribution in [-0.2, 0) is 0 Å². The Hall–Kier alpha value is -1.33. The first-order chi connectivity index (χ1) is 8.19. The summed E-state index contributed by atoms with van der Waals surface area (Å²) in [5, 5.41) is 2.50. The number of nitrogens with two attached hydrogens (primary N) is 1. The van der Waals surface area contributed by atoms with E-state index in [9.17, 15) is 0 Å². The standard InChI is InChI=1S/C12H11BrN2OS/c1-16-11-5-3-8(6-10(11)13)2-4-9-7-17-12(14)15-9/h2-7H,1H3,(H2,14,15). The van der Waals surface area contributed by atoms with Gasteiger partial charge in [0, 0.05) is 5.38 Å². The molecule has 1 aromatic heterocycles. The van der Waals surface area contributed by atoms with Gasteiger partial charge >= 0.3 is 0 Å². The van der Waals surface area contributed by atoms with E-state index >= 15 is 0 Å². The summed E-state index contributed by atoms with van der Waals surface area (Å²) >= 11 is 4.88. The number of hydrogen-bond donors (Lipinski definition) is 1. The molecule has 5 heteroatoms. The first-order valence-corrected chi connectivity index (χ1v) is 6.59. The van der Waals surface area contributed by atoms with Crippen LogP contribution in [0.3, 0.4) is 0 Å². The predicted octanol–water partition coefficient (Wildman–Crippen LogP) is 3.67. The van der Waals surface area contributed by atoms with Crippen LogP contribution in [0.5, 0.6) is 5.75 Å². The van der Waals surface area contributed by atoms with E-state index in [-0.39, 0.29) is 0 Å². The van der Waals surface area contributed by atoms with Crippen molar-refractivity contribution >= 4 is 44.6 Å². The Bertz CT molecular complexity index is 551. The van der Waals surface area contributed by atoms with Crippen molar-refractivity contribution in [2.45, 2.75) is 0 Å². The Morgan fingerprint density at radius 1 is 1.41 bits per heavy atom. The fraction of sp³-hybridized carbons (Fsp3) is 0.0833. The summed E-state index contributed by atoms with van der Waals surface area (Å²) in [6, 6.07) is 5.89. The average Bonchev–Trinajstić information content (AvgIpc) is 2.73. The minimum absolute atomic E-state index is 0.584. The monoisotopic (exact) mass is 310 g/mol. The van der Waals surface area contributed by atoms with Gasteiger partial charge in [0.2, 0.25) is 0 Å². The third-order valence-corrected chi connectivity index (χ3v) is 3.47. The smallest absolute Gasteiger partial charge is 0.180 e. The molecule has 2 N–H and O–H groups in total. The molecule has 0 atom stereocenters. The molecule has 0 aliphatic heterocycles. The highest BCUT2D eigenvalue weighted by atomic mass is 79.9. The lowest BCUT2D eigenvalue weighted by Crippen LogP contribution is -1.84. The van der Waals surface area contributed by atoms with Gasteiger partial charge in [-0.15, -0.1) is 11.3 Å². The first-order valence-electron chi connectivity index (χ1n) is 4.91. The molecule has 0 unspecified atom stereocenters. The molecule has 0 saturated heterocycles. The molecule has 0 fully saturated rings. The fourth-order valence-corrected chi connectivity index (χ4v) is 2.43. The molecular formula is C12H11BrN2OS. The van der Waals surface area contributed by atoms with E-state index in [1.807, 2.05) is 35.7 Å². The topological polar surface area (TPSA) is 48.1 Å². The first kappa shape index (κ1) is 12.1. The number of nitrogen functional groups attached to an aromatic ring is 1. The van der Waals surface area contributed by atoms with Crippen LogP contribution in [0, 0.1) is 0 Å². The summed E-state index contributed by atoms with van der Waals surface area (Å²) < 4.78 is 6.10. The summed E-state index contributed by atoms with van der Waals surface area (Å²) in [4.78, 5) is 4.15. The van der Waals surface area contributed by atoms with E-state index in [1.54, 1.807) is 7.11 Å². The van der Waals surface area contributed by atoms with Crippen LogP contribution in [-0.4, -0.2) is 12.1 Å². The van der Waals surface area contributed by atoms with E-state index in [0.717, 1.165) is 21.5 Å². The predicted molar refractivity (Wildman–Crippen MR) is 76.1 cm³/mol. The van der Waals surface area contributed by atoms with Crippen molar-refractivity contribution in [3.8, 4) is 5.75 Å². The van der Waals surface area contributed by atoms with Gasteiger partial charge in [0.1, 0.15) is 5.75 Å². The summed E-state index contributed by atoms with van der Waals surface area (Å²) in [5.74, 6) is 0.819. The van der Waals surface area contributed by atoms with Gasteiger partial charge in [0.25, 0.3) is 0 Å². The number of hydrogen-bond acceptors (Lipinski definition) is 4. The highest BCUT2D eigenvalue weighted by molar-refractivity contribution is 9.10. The molecule has 0 amide bonds. The molecule has 1 heterocycles. The van der Waals surface area contributed by atoms with Crippen molar-refractivity contribution in [2.24, 2.45) is 0 Å². The number of thiazole rings is 1. The fourth-order valence-electron chi connectivity index (χ4n) is 1.35. The minimum Gasteiger partial charge on any atom is -0.496 e. The van der Waals surface area contributed by atoms with Crippen LogP contribution >= 0.6 is 27.3 Å². The number of rotatable bonds is 3.